The van der Waals surface area contributed by atoms with Gasteiger partial charge in [-0.05, 0) is 25.1 Å². The second-order valence-corrected chi connectivity index (χ2v) is 3.08. The van der Waals surface area contributed by atoms with Gasteiger partial charge in [-0.1, -0.05) is 5.92 Å². The highest BCUT2D eigenvalue weighted by atomic mass is 16.5. The van der Waals surface area contributed by atoms with Crippen molar-refractivity contribution in [1.82, 2.24) is 0 Å². The average molecular weight is 234 g/mol. The van der Waals surface area contributed by atoms with Gasteiger partial charge < -0.3 is 14.2 Å². The molecule has 0 atom stereocenters. The van der Waals surface area contributed by atoms with Gasteiger partial charge in [0.2, 0.25) is 0 Å². The van der Waals surface area contributed by atoms with Crippen molar-refractivity contribution < 1.29 is 19.0 Å². The average Bonchev–Trinajstić information content (AvgIpc) is 2.36. The molecule has 0 aliphatic rings. The molecule has 1 aromatic rings. The molecule has 0 aliphatic carbocycles. The minimum atomic E-state index is -0.482. The molecule has 0 aliphatic heterocycles. The van der Waals surface area contributed by atoms with Crippen molar-refractivity contribution in [2.45, 2.75) is 6.92 Å². The molecular formula is C13H14O4. The zero-order valence-electron chi connectivity index (χ0n) is 9.86. The van der Waals surface area contributed by atoms with Crippen LogP contribution >= 0.6 is 0 Å². The Balaban J connectivity index is 2.89. The van der Waals surface area contributed by atoms with Crippen LogP contribution in [0, 0.1) is 12.3 Å². The van der Waals surface area contributed by atoms with E-state index < -0.39 is 5.97 Å². The molecular weight excluding hydrogens is 220 g/mol. The summed E-state index contributed by atoms with van der Waals surface area (Å²) in [6.07, 6.45) is 5.00. The second-order valence-electron chi connectivity index (χ2n) is 3.08. The van der Waals surface area contributed by atoms with Crippen LogP contribution in [-0.4, -0.2) is 26.3 Å². The van der Waals surface area contributed by atoms with E-state index in [0.29, 0.717) is 23.7 Å². The second kappa shape index (κ2) is 6.44. The maximum atomic E-state index is 11.5. The summed E-state index contributed by atoms with van der Waals surface area (Å²) < 4.78 is 15.3. The molecule has 90 valence electrons. The van der Waals surface area contributed by atoms with Crippen molar-refractivity contribution in [2.24, 2.45) is 0 Å². The third-order valence-corrected chi connectivity index (χ3v) is 1.99. The lowest BCUT2D eigenvalue weighted by molar-refractivity contribution is 0.0556. The fourth-order valence-corrected chi connectivity index (χ4v) is 1.26. The predicted molar refractivity (Wildman–Crippen MR) is 63.3 cm³/mol. The first-order chi connectivity index (χ1) is 8.22. The van der Waals surface area contributed by atoms with Crippen LogP contribution in [0.3, 0.4) is 0 Å². The van der Waals surface area contributed by atoms with E-state index in [9.17, 15) is 4.79 Å². The molecule has 0 fully saturated rings. The number of carbonyl (C=O) groups is 1. The maximum Gasteiger partial charge on any atom is 0.339 e. The Bertz CT molecular complexity index is 432. The standard InChI is InChI=1S/C13H14O4/c1-4-8-17-13(14)10-6-7-11(16-5-2)12(9-10)15-3/h1,6-7,9H,5,8H2,2-3H3. The number of benzene rings is 1. The van der Waals surface area contributed by atoms with Crippen LogP contribution in [-0.2, 0) is 4.74 Å². The molecule has 0 heterocycles. The summed E-state index contributed by atoms with van der Waals surface area (Å²) >= 11 is 0. The normalized spacial score (nSPS) is 9.24. The molecule has 0 saturated carbocycles. The van der Waals surface area contributed by atoms with Gasteiger partial charge in [-0.15, -0.1) is 6.42 Å². The topological polar surface area (TPSA) is 44.8 Å². The van der Waals surface area contributed by atoms with Gasteiger partial charge in [0.25, 0.3) is 0 Å². The number of ether oxygens (including phenoxy) is 3. The lowest BCUT2D eigenvalue weighted by atomic mass is 10.2. The number of terminal acetylenes is 1. The highest BCUT2D eigenvalue weighted by Gasteiger charge is 2.11. The molecule has 17 heavy (non-hydrogen) atoms. The van der Waals surface area contributed by atoms with Gasteiger partial charge in [-0.25, -0.2) is 4.79 Å². The number of carbonyl (C=O) groups excluding carboxylic acids is 1. The molecule has 4 nitrogen and oxygen atoms in total. The lowest BCUT2D eigenvalue weighted by Crippen LogP contribution is -2.06. The number of hydrogen-bond acceptors (Lipinski definition) is 4. The highest BCUT2D eigenvalue weighted by molar-refractivity contribution is 5.90. The summed E-state index contributed by atoms with van der Waals surface area (Å²) in [5, 5.41) is 0. The molecule has 0 N–H and O–H groups in total. The Morgan fingerprint density at radius 2 is 2.18 bits per heavy atom. The molecule has 1 rings (SSSR count). The molecule has 0 spiro atoms. The summed E-state index contributed by atoms with van der Waals surface area (Å²) in [4.78, 5) is 11.5. The van der Waals surface area contributed by atoms with Gasteiger partial charge in [-0.2, -0.15) is 0 Å². The van der Waals surface area contributed by atoms with E-state index in [0.717, 1.165) is 0 Å². The summed E-state index contributed by atoms with van der Waals surface area (Å²) in [6, 6.07) is 4.82. The Kier molecular flexibility index (Phi) is 4.89. The summed E-state index contributed by atoms with van der Waals surface area (Å²) in [5.74, 6) is 2.82. The predicted octanol–water partition coefficient (Wildman–Crippen LogP) is 1.88. The lowest BCUT2D eigenvalue weighted by Gasteiger charge is -2.10. The van der Waals surface area contributed by atoms with Gasteiger partial charge in [-0.3, -0.25) is 0 Å². The van der Waals surface area contributed by atoms with Crippen molar-refractivity contribution in [3.63, 3.8) is 0 Å². The van der Waals surface area contributed by atoms with Crippen LogP contribution in [0.5, 0.6) is 11.5 Å². The molecule has 1 aromatic carbocycles. The Labute approximate surface area is 100 Å². The van der Waals surface area contributed by atoms with E-state index in [1.807, 2.05) is 6.92 Å². The van der Waals surface area contributed by atoms with E-state index in [-0.39, 0.29) is 6.61 Å². The zero-order valence-corrected chi connectivity index (χ0v) is 9.86. The van der Waals surface area contributed by atoms with E-state index in [1.54, 1.807) is 18.2 Å². The molecule has 0 unspecified atom stereocenters. The first-order valence-electron chi connectivity index (χ1n) is 5.14. The first-order valence-corrected chi connectivity index (χ1v) is 5.14. The number of esters is 1. The minimum absolute atomic E-state index is 0.0473. The quantitative estimate of drug-likeness (QED) is 0.576. The van der Waals surface area contributed by atoms with Gasteiger partial charge >= 0.3 is 5.97 Å². The molecule has 0 aromatic heterocycles. The monoisotopic (exact) mass is 234 g/mol. The van der Waals surface area contributed by atoms with Crippen LogP contribution in [0.1, 0.15) is 17.3 Å². The summed E-state index contributed by atoms with van der Waals surface area (Å²) in [7, 11) is 1.51. The number of methoxy groups -OCH3 is 1. The van der Waals surface area contributed by atoms with Gasteiger partial charge in [0, 0.05) is 0 Å². The molecule has 0 radical (unpaired) electrons. The van der Waals surface area contributed by atoms with Crippen molar-refractivity contribution in [1.29, 1.82) is 0 Å². The molecule has 0 amide bonds. The molecule has 0 bridgehead atoms. The van der Waals surface area contributed by atoms with Crippen molar-refractivity contribution >= 4 is 5.97 Å². The van der Waals surface area contributed by atoms with Gasteiger partial charge in [0.05, 0.1) is 19.3 Å². The molecule has 4 heteroatoms. The van der Waals surface area contributed by atoms with Crippen LogP contribution in [0.4, 0.5) is 0 Å². The SMILES string of the molecule is C#CCOC(=O)c1ccc(OCC)c(OC)c1. The van der Waals surface area contributed by atoms with Crippen LogP contribution < -0.4 is 9.47 Å². The maximum absolute atomic E-state index is 11.5. The Morgan fingerprint density at radius 3 is 2.76 bits per heavy atom. The third kappa shape index (κ3) is 3.42. The highest BCUT2D eigenvalue weighted by Crippen LogP contribution is 2.28. The van der Waals surface area contributed by atoms with E-state index >= 15 is 0 Å². The Morgan fingerprint density at radius 1 is 1.41 bits per heavy atom. The fraction of sp³-hybridized carbons (Fsp3) is 0.308. The molecule has 0 saturated heterocycles. The Hall–Kier alpha value is -2.15. The largest absolute Gasteiger partial charge is 0.493 e. The fourth-order valence-electron chi connectivity index (χ4n) is 1.26. The van der Waals surface area contributed by atoms with Crippen LogP contribution in [0.15, 0.2) is 18.2 Å². The van der Waals surface area contributed by atoms with Gasteiger partial charge in [0.15, 0.2) is 18.1 Å². The number of rotatable bonds is 5. The van der Waals surface area contributed by atoms with E-state index in [1.165, 1.54) is 7.11 Å². The smallest absolute Gasteiger partial charge is 0.339 e. The van der Waals surface area contributed by atoms with E-state index in [4.69, 9.17) is 20.6 Å². The first kappa shape index (κ1) is 12.9. The van der Waals surface area contributed by atoms with Crippen LogP contribution in [0.25, 0.3) is 0 Å². The van der Waals surface area contributed by atoms with Crippen LogP contribution in [0.2, 0.25) is 0 Å². The summed E-state index contributed by atoms with van der Waals surface area (Å²) in [5.41, 5.74) is 0.376. The van der Waals surface area contributed by atoms with Crippen molar-refractivity contribution in [2.75, 3.05) is 20.3 Å². The van der Waals surface area contributed by atoms with Gasteiger partial charge in [0.1, 0.15) is 0 Å². The van der Waals surface area contributed by atoms with Crippen molar-refractivity contribution in [3.8, 4) is 23.8 Å². The van der Waals surface area contributed by atoms with Crippen molar-refractivity contribution in [3.05, 3.63) is 23.8 Å². The minimum Gasteiger partial charge on any atom is -0.493 e. The van der Waals surface area contributed by atoms with E-state index in [2.05, 4.69) is 5.92 Å². The number of hydrogen-bond donors (Lipinski definition) is 0. The summed E-state index contributed by atoms with van der Waals surface area (Å²) in [6.45, 7) is 2.35. The zero-order chi connectivity index (χ0) is 12.7. The third-order valence-electron chi connectivity index (χ3n) is 1.99.